The summed E-state index contributed by atoms with van der Waals surface area (Å²) in [6.45, 7) is 0. The Morgan fingerprint density at radius 2 is 2.30 bits per heavy atom. The van der Waals surface area contributed by atoms with E-state index < -0.39 is 0 Å². The van der Waals surface area contributed by atoms with Crippen LogP contribution in [-0.4, -0.2) is 19.4 Å². The number of carbonyl (C=O) groups excluding carboxylic acids is 2. The Labute approximate surface area is 59.7 Å². The Balaban J connectivity index is 3.27. The highest BCUT2D eigenvalue weighted by atomic mass is 16.5. The molecule has 3 nitrogen and oxygen atoms in total. The lowest BCUT2D eigenvalue weighted by atomic mass is 10.3. The number of ether oxygens (including phenoxy) is 1. The van der Waals surface area contributed by atoms with Gasteiger partial charge in [0.25, 0.3) is 0 Å². The molecule has 56 valence electrons. The van der Waals surface area contributed by atoms with Crippen LogP contribution in [0.4, 0.5) is 0 Å². The smallest absolute Gasteiger partial charge is 0.305 e. The van der Waals surface area contributed by atoms with Gasteiger partial charge < -0.3 is 4.74 Å². The molecule has 0 aromatic heterocycles. The molecule has 0 radical (unpaired) electrons. The first-order chi connectivity index (χ1) is 4.81. The SMILES string of the molecule is COC(=O)CC/C=C/C=O. The number of carbonyl (C=O) groups is 2. The zero-order valence-corrected chi connectivity index (χ0v) is 5.87. The number of esters is 1. The molecule has 0 fully saturated rings. The van der Waals surface area contributed by atoms with Crippen LogP contribution in [0.2, 0.25) is 0 Å². The summed E-state index contributed by atoms with van der Waals surface area (Å²) < 4.78 is 4.37. The third-order valence-electron chi connectivity index (χ3n) is 0.957. The number of hydrogen-bond donors (Lipinski definition) is 0. The van der Waals surface area contributed by atoms with Crippen LogP contribution in [0, 0.1) is 0 Å². The first kappa shape index (κ1) is 8.88. The predicted octanol–water partition coefficient (Wildman–Crippen LogP) is 0.695. The minimum absolute atomic E-state index is 0.254. The normalized spacial score (nSPS) is 9.70. The van der Waals surface area contributed by atoms with Gasteiger partial charge in [0.05, 0.1) is 7.11 Å². The minimum atomic E-state index is -0.254. The Morgan fingerprint density at radius 1 is 1.60 bits per heavy atom. The molecule has 3 heteroatoms. The maximum absolute atomic E-state index is 10.4. The molecule has 0 saturated heterocycles. The first-order valence-electron chi connectivity index (χ1n) is 2.98. The van der Waals surface area contributed by atoms with Gasteiger partial charge in [0.15, 0.2) is 0 Å². The third-order valence-corrected chi connectivity index (χ3v) is 0.957. The van der Waals surface area contributed by atoms with Crippen LogP contribution >= 0.6 is 0 Å². The Hall–Kier alpha value is -1.12. The van der Waals surface area contributed by atoms with Crippen LogP contribution in [0.1, 0.15) is 12.8 Å². The lowest BCUT2D eigenvalue weighted by Gasteiger charge is -1.92. The van der Waals surface area contributed by atoms with Crippen LogP contribution in [-0.2, 0) is 14.3 Å². The van der Waals surface area contributed by atoms with Crippen molar-refractivity contribution >= 4 is 12.3 Å². The number of methoxy groups -OCH3 is 1. The van der Waals surface area contributed by atoms with Gasteiger partial charge in [-0.2, -0.15) is 0 Å². The molecule has 0 N–H and O–H groups in total. The van der Waals surface area contributed by atoms with Crippen molar-refractivity contribution in [1.82, 2.24) is 0 Å². The van der Waals surface area contributed by atoms with E-state index in [4.69, 9.17) is 0 Å². The van der Waals surface area contributed by atoms with E-state index in [1.165, 1.54) is 13.2 Å². The molecule has 0 aliphatic rings. The molecule has 0 aliphatic carbocycles. The molecule has 0 unspecified atom stereocenters. The summed E-state index contributed by atoms with van der Waals surface area (Å²) >= 11 is 0. The van der Waals surface area contributed by atoms with Gasteiger partial charge in [-0.3, -0.25) is 9.59 Å². The van der Waals surface area contributed by atoms with E-state index in [2.05, 4.69) is 4.74 Å². The van der Waals surface area contributed by atoms with Crippen molar-refractivity contribution < 1.29 is 14.3 Å². The molecule has 0 saturated carbocycles. The lowest BCUT2D eigenvalue weighted by Crippen LogP contribution is -1.97. The highest BCUT2D eigenvalue weighted by Crippen LogP contribution is 1.91. The third kappa shape index (κ3) is 5.03. The van der Waals surface area contributed by atoms with Crippen LogP contribution < -0.4 is 0 Å². The maximum atomic E-state index is 10.4. The van der Waals surface area contributed by atoms with E-state index in [-0.39, 0.29) is 5.97 Å². The van der Waals surface area contributed by atoms with E-state index in [9.17, 15) is 9.59 Å². The number of allylic oxidation sites excluding steroid dienone is 2. The second-order valence-corrected chi connectivity index (χ2v) is 1.68. The highest BCUT2D eigenvalue weighted by molar-refractivity contribution is 5.69. The van der Waals surface area contributed by atoms with Crippen molar-refractivity contribution in [2.75, 3.05) is 7.11 Å². The summed E-state index contributed by atoms with van der Waals surface area (Å²) in [6.07, 6.45) is 4.57. The second-order valence-electron chi connectivity index (χ2n) is 1.68. The number of aldehydes is 1. The summed E-state index contributed by atoms with van der Waals surface area (Å²) in [4.78, 5) is 20.1. The lowest BCUT2D eigenvalue weighted by molar-refractivity contribution is -0.140. The Morgan fingerprint density at radius 3 is 2.80 bits per heavy atom. The van der Waals surface area contributed by atoms with Gasteiger partial charge in [0, 0.05) is 6.42 Å². The summed E-state index contributed by atoms with van der Waals surface area (Å²) in [6, 6.07) is 0. The average Bonchev–Trinajstić information content (AvgIpc) is 1.98. The first-order valence-corrected chi connectivity index (χ1v) is 2.98. The molecular weight excluding hydrogens is 132 g/mol. The van der Waals surface area contributed by atoms with Gasteiger partial charge in [0.2, 0.25) is 0 Å². The average molecular weight is 142 g/mol. The van der Waals surface area contributed by atoms with Crippen LogP contribution in [0.25, 0.3) is 0 Å². The zero-order valence-electron chi connectivity index (χ0n) is 5.87. The largest absolute Gasteiger partial charge is 0.469 e. The molecule has 0 heterocycles. The summed E-state index contributed by atoms with van der Waals surface area (Å²) in [7, 11) is 1.34. The van der Waals surface area contributed by atoms with E-state index in [1.807, 2.05) is 0 Å². The van der Waals surface area contributed by atoms with Crippen LogP contribution in [0.15, 0.2) is 12.2 Å². The van der Waals surface area contributed by atoms with E-state index in [1.54, 1.807) is 6.08 Å². The summed E-state index contributed by atoms with van der Waals surface area (Å²) in [5, 5.41) is 0. The highest BCUT2D eigenvalue weighted by Gasteiger charge is 1.94. The number of rotatable bonds is 4. The molecule has 0 aromatic carbocycles. The van der Waals surface area contributed by atoms with Gasteiger partial charge in [-0.25, -0.2) is 0 Å². The van der Waals surface area contributed by atoms with Crippen molar-refractivity contribution in [2.45, 2.75) is 12.8 Å². The Kier molecular flexibility index (Phi) is 5.33. The van der Waals surface area contributed by atoms with E-state index >= 15 is 0 Å². The van der Waals surface area contributed by atoms with Crippen molar-refractivity contribution in [3.8, 4) is 0 Å². The van der Waals surface area contributed by atoms with Crippen LogP contribution in [0.3, 0.4) is 0 Å². The summed E-state index contributed by atoms with van der Waals surface area (Å²) in [5.41, 5.74) is 0. The van der Waals surface area contributed by atoms with Crippen LogP contribution in [0.5, 0.6) is 0 Å². The van der Waals surface area contributed by atoms with Gasteiger partial charge in [-0.1, -0.05) is 6.08 Å². The maximum Gasteiger partial charge on any atom is 0.305 e. The van der Waals surface area contributed by atoms with Crippen molar-refractivity contribution in [3.05, 3.63) is 12.2 Å². The van der Waals surface area contributed by atoms with Gasteiger partial charge in [-0.05, 0) is 12.5 Å². The van der Waals surface area contributed by atoms with E-state index in [0.717, 1.165) is 0 Å². The molecule has 0 rings (SSSR count). The van der Waals surface area contributed by atoms with Crippen molar-refractivity contribution in [1.29, 1.82) is 0 Å². The molecule has 0 aromatic rings. The summed E-state index contributed by atoms with van der Waals surface area (Å²) in [5.74, 6) is -0.254. The van der Waals surface area contributed by atoms with Gasteiger partial charge in [0.1, 0.15) is 6.29 Å². The molecule has 0 atom stereocenters. The molecule has 0 aliphatic heterocycles. The second kappa shape index (κ2) is 6.01. The quantitative estimate of drug-likeness (QED) is 0.329. The van der Waals surface area contributed by atoms with Crippen molar-refractivity contribution in [2.24, 2.45) is 0 Å². The van der Waals surface area contributed by atoms with E-state index in [0.29, 0.717) is 19.1 Å². The van der Waals surface area contributed by atoms with Gasteiger partial charge in [-0.15, -0.1) is 0 Å². The standard InChI is InChI=1S/C7H10O3/c1-10-7(9)5-3-2-4-6-8/h2,4,6H,3,5H2,1H3/b4-2+. The predicted molar refractivity (Wildman–Crippen MR) is 36.5 cm³/mol. The zero-order chi connectivity index (χ0) is 7.82. The fourth-order valence-corrected chi connectivity index (χ4v) is 0.455. The number of hydrogen-bond acceptors (Lipinski definition) is 3. The Bertz CT molecular complexity index is 138. The minimum Gasteiger partial charge on any atom is -0.469 e. The molecule has 0 bridgehead atoms. The molecule has 0 spiro atoms. The van der Waals surface area contributed by atoms with Crippen molar-refractivity contribution in [3.63, 3.8) is 0 Å². The fraction of sp³-hybridized carbons (Fsp3) is 0.429. The monoisotopic (exact) mass is 142 g/mol. The molecule has 0 amide bonds. The molecular formula is C7H10O3. The molecule has 10 heavy (non-hydrogen) atoms. The fourth-order valence-electron chi connectivity index (χ4n) is 0.455. The topological polar surface area (TPSA) is 43.4 Å². The van der Waals surface area contributed by atoms with Gasteiger partial charge >= 0.3 is 5.97 Å².